The molecular formula is C15H22ClN3O. The van der Waals surface area contributed by atoms with E-state index >= 15 is 0 Å². The third-order valence-corrected chi connectivity index (χ3v) is 4.29. The van der Waals surface area contributed by atoms with Crippen LogP contribution in [0.4, 0.5) is 5.69 Å². The molecule has 0 spiro atoms. The molecule has 0 heterocycles. The van der Waals surface area contributed by atoms with E-state index in [-0.39, 0.29) is 11.9 Å². The summed E-state index contributed by atoms with van der Waals surface area (Å²) >= 11 is 5.95. The highest BCUT2D eigenvalue weighted by atomic mass is 35.5. The number of carbonyl (C=O) groups excluding carboxylic acids is 1. The van der Waals surface area contributed by atoms with Crippen LogP contribution in [0.2, 0.25) is 5.02 Å². The normalized spacial score (nSPS) is 18.6. The second-order valence-electron chi connectivity index (χ2n) is 6.25. The van der Waals surface area contributed by atoms with Crippen LogP contribution < -0.4 is 16.6 Å². The standard InChI is InChI=1S/C15H22ClN3O/c1-15(2)7-5-11(6-8-15)18-14(20)12-9-10(16)3-4-13(12)19-17/h3-4,9,11,19H,5-8,17H2,1-2H3,(H,18,20). The van der Waals surface area contributed by atoms with Crippen LogP contribution in [-0.4, -0.2) is 11.9 Å². The molecule has 1 saturated carbocycles. The molecule has 1 fully saturated rings. The van der Waals surface area contributed by atoms with E-state index in [0.717, 1.165) is 25.7 Å². The van der Waals surface area contributed by atoms with Crippen molar-refractivity contribution in [2.75, 3.05) is 5.43 Å². The number of rotatable bonds is 3. The van der Waals surface area contributed by atoms with Crippen molar-refractivity contribution in [3.8, 4) is 0 Å². The first-order chi connectivity index (χ1) is 9.41. The molecule has 2 rings (SSSR count). The van der Waals surface area contributed by atoms with Crippen molar-refractivity contribution in [2.24, 2.45) is 11.3 Å². The maximum atomic E-state index is 12.3. The summed E-state index contributed by atoms with van der Waals surface area (Å²) in [5.74, 6) is 5.31. The highest BCUT2D eigenvalue weighted by molar-refractivity contribution is 6.31. The molecule has 0 atom stereocenters. The van der Waals surface area contributed by atoms with E-state index in [9.17, 15) is 4.79 Å². The number of amides is 1. The van der Waals surface area contributed by atoms with E-state index in [2.05, 4.69) is 24.6 Å². The van der Waals surface area contributed by atoms with Gasteiger partial charge in [-0.05, 0) is 49.3 Å². The third kappa shape index (κ3) is 3.64. The van der Waals surface area contributed by atoms with Gasteiger partial charge in [-0.1, -0.05) is 25.4 Å². The van der Waals surface area contributed by atoms with Crippen molar-refractivity contribution in [2.45, 2.75) is 45.6 Å². The van der Waals surface area contributed by atoms with Gasteiger partial charge in [-0.2, -0.15) is 0 Å². The maximum Gasteiger partial charge on any atom is 0.253 e. The molecule has 0 saturated heterocycles. The van der Waals surface area contributed by atoms with Crippen LogP contribution in [0.1, 0.15) is 49.9 Å². The zero-order valence-electron chi connectivity index (χ0n) is 12.0. The fourth-order valence-electron chi connectivity index (χ4n) is 2.64. The lowest BCUT2D eigenvalue weighted by Crippen LogP contribution is -2.39. The molecule has 1 aromatic rings. The zero-order valence-corrected chi connectivity index (χ0v) is 12.8. The van der Waals surface area contributed by atoms with Crippen LogP contribution in [-0.2, 0) is 0 Å². The fraction of sp³-hybridized carbons (Fsp3) is 0.533. The Labute approximate surface area is 125 Å². The van der Waals surface area contributed by atoms with Crippen molar-refractivity contribution in [1.29, 1.82) is 0 Å². The van der Waals surface area contributed by atoms with Crippen molar-refractivity contribution in [3.05, 3.63) is 28.8 Å². The monoisotopic (exact) mass is 295 g/mol. The molecule has 110 valence electrons. The van der Waals surface area contributed by atoms with Gasteiger partial charge in [-0.25, -0.2) is 0 Å². The minimum absolute atomic E-state index is 0.120. The Bertz CT molecular complexity index is 492. The van der Waals surface area contributed by atoms with Crippen LogP contribution in [0.25, 0.3) is 0 Å². The quantitative estimate of drug-likeness (QED) is 0.592. The molecule has 1 aliphatic carbocycles. The van der Waals surface area contributed by atoms with Crippen molar-refractivity contribution < 1.29 is 4.79 Å². The largest absolute Gasteiger partial charge is 0.349 e. The van der Waals surface area contributed by atoms with Gasteiger partial charge in [0.1, 0.15) is 0 Å². The summed E-state index contributed by atoms with van der Waals surface area (Å²) in [5.41, 5.74) is 4.00. The number of halogens is 1. The molecule has 1 aliphatic rings. The van der Waals surface area contributed by atoms with Gasteiger partial charge in [-0.3, -0.25) is 10.6 Å². The maximum absolute atomic E-state index is 12.3. The Morgan fingerprint density at radius 2 is 2.00 bits per heavy atom. The van der Waals surface area contributed by atoms with Crippen molar-refractivity contribution >= 4 is 23.2 Å². The number of hydrogen-bond acceptors (Lipinski definition) is 3. The molecule has 4 N–H and O–H groups in total. The minimum atomic E-state index is -0.120. The van der Waals surface area contributed by atoms with E-state index in [1.807, 2.05) is 0 Å². The van der Waals surface area contributed by atoms with Crippen LogP contribution in [0.3, 0.4) is 0 Å². The predicted molar refractivity (Wildman–Crippen MR) is 82.8 cm³/mol. The van der Waals surface area contributed by atoms with Gasteiger partial charge in [0.15, 0.2) is 0 Å². The van der Waals surface area contributed by atoms with E-state index < -0.39 is 0 Å². The zero-order chi connectivity index (χ0) is 14.8. The third-order valence-electron chi connectivity index (χ3n) is 4.06. The Morgan fingerprint density at radius 1 is 1.35 bits per heavy atom. The molecule has 0 unspecified atom stereocenters. The van der Waals surface area contributed by atoms with Gasteiger partial charge in [0.2, 0.25) is 0 Å². The number of benzene rings is 1. The highest BCUT2D eigenvalue weighted by Gasteiger charge is 2.28. The summed E-state index contributed by atoms with van der Waals surface area (Å²) in [5, 5.41) is 3.61. The Balaban J connectivity index is 2.04. The Hall–Kier alpha value is -1.26. The van der Waals surface area contributed by atoms with Crippen LogP contribution in [0.5, 0.6) is 0 Å². The molecule has 1 amide bonds. The Kier molecular flexibility index (Phi) is 4.55. The minimum Gasteiger partial charge on any atom is -0.349 e. The van der Waals surface area contributed by atoms with Gasteiger partial charge in [0, 0.05) is 11.1 Å². The first kappa shape index (κ1) is 15.1. The number of hydrogen-bond donors (Lipinski definition) is 3. The molecule has 4 nitrogen and oxygen atoms in total. The van der Waals surface area contributed by atoms with Gasteiger partial charge < -0.3 is 10.7 Å². The summed E-state index contributed by atoms with van der Waals surface area (Å²) in [6, 6.07) is 5.29. The molecule has 1 aromatic carbocycles. The van der Waals surface area contributed by atoms with Gasteiger partial charge in [-0.15, -0.1) is 0 Å². The molecule has 0 aliphatic heterocycles. The summed E-state index contributed by atoms with van der Waals surface area (Å²) in [4.78, 5) is 12.3. The molecule has 0 bridgehead atoms. The average Bonchev–Trinajstić information content (AvgIpc) is 2.41. The molecule has 5 heteroatoms. The molecule has 0 radical (unpaired) electrons. The Morgan fingerprint density at radius 3 is 2.60 bits per heavy atom. The lowest BCUT2D eigenvalue weighted by atomic mass is 9.75. The lowest BCUT2D eigenvalue weighted by molar-refractivity contribution is 0.0910. The van der Waals surface area contributed by atoms with Gasteiger partial charge in [0.25, 0.3) is 5.91 Å². The van der Waals surface area contributed by atoms with Crippen molar-refractivity contribution in [1.82, 2.24) is 5.32 Å². The number of anilines is 1. The topological polar surface area (TPSA) is 67.2 Å². The second-order valence-corrected chi connectivity index (χ2v) is 6.68. The van der Waals surface area contributed by atoms with E-state index in [0.29, 0.717) is 21.7 Å². The van der Waals surface area contributed by atoms with Crippen LogP contribution in [0.15, 0.2) is 18.2 Å². The molecule has 20 heavy (non-hydrogen) atoms. The number of hydrazine groups is 1. The predicted octanol–water partition coefficient (Wildman–Crippen LogP) is 3.32. The first-order valence-electron chi connectivity index (χ1n) is 6.98. The summed E-state index contributed by atoms with van der Waals surface area (Å²) in [6.45, 7) is 4.55. The van der Waals surface area contributed by atoms with Crippen LogP contribution >= 0.6 is 11.6 Å². The highest BCUT2D eigenvalue weighted by Crippen LogP contribution is 2.35. The number of nitrogens with two attached hydrogens (primary N) is 1. The fourth-order valence-corrected chi connectivity index (χ4v) is 2.81. The SMILES string of the molecule is CC1(C)CCC(NC(=O)c2cc(Cl)ccc2NN)CC1. The van der Waals surface area contributed by atoms with E-state index in [1.54, 1.807) is 18.2 Å². The first-order valence-corrected chi connectivity index (χ1v) is 7.36. The van der Waals surface area contributed by atoms with Crippen molar-refractivity contribution in [3.63, 3.8) is 0 Å². The number of nitrogen functional groups attached to an aromatic ring is 1. The number of carbonyl (C=O) groups is 1. The molecular weight excluding hydrogens is 274 g/mol. The second kappa shape index (κ2) is 6.02. The lowest BCUT2D eigenvalue weighted by Gasteiger charge is -2.34. The smallest absolute Gasteiger partial charge is 0.253 e. The van der Waals surface area contributed by atoms with E-state index in [1.165, 1.54) is 0 Å². The number of nitrogens with one attached hydrogen (secondary N) is 2. The summed E-state index contributed by atoms with van der Waals surface area (Å²) < 4.78 is 0. The average molecular weight is 296 g/mol. The summed E-state index contributed by atoms with van der Waals surface area (Å²) in [7, 11) is 0. The van der Waals surface area contributed by atoms with Gasteiger partial charge in [0.05, 0.1) is 11.3 Å². The van der Waals surface area contributed by atoms with Crippen LogP contribution in [0, 0.1) is 5.41 Å². The summed E-state index contributed by atoms with van der Waals surface area (Å²) in [6.07, 6.45) is 4.31. The van der Waals surface area contributed by atoms with E-state index in [4.69, 9.17) is 17.4 Å². The molecule has 0 aromatic heterocycles. The van der Waals surface area contributed by atoms with Gasteiger partial charge >= 0.3 is 0 Å².